The van der Waals surface area contributed by atoms with Crippen molar-refractivity contribution in [2.24, 2.45) is 5.92 Å². The molecule has 0 unspecified atom stereocenters. The van der Waals surface area contributed by atoms with E-state index >= 15 is 0 Å². The monoisotopic (exact) mass is 424 g/mol. The second-order valence-corrected chi connectivity index (χ2v) is 9.33. The molecule has 0 spiro atoms. The van der Waals surface area contributed by atoms with Crippen LogP contribution in [-0.4, -0.2) is 48.7 Å². The Kier molecular flexibility index (Phi) is 7.10. The number of nitrogens with one attached hydrogen (secondary N) is 3. The minimum Gasteiger partial charge on any atom is -0.362 e. The van der Waals surface area contributed by atoms with Gasteiger partial charge < -0.3 is 20.9 Å². The molecule has 2 amide bonds. The van der Waals surface area contributed by atoms with E-state index in [9.17, 15) is 4.79 Å². The largest absolute Gasteiger partial charge is 0.362 e. The number of anilines is 2. The molecule has 7 nitrogen and oxygen atoms in total. The number of hydrogen-bond acceptors (Lipinski definition) is 5. The molecule has 2 aliphatic carbocycles. The molecule has 0 atom stereocenters. The Balaban J connectivity index is 1.25. The van der Waals surface area contributed by atoms with Gasteiger partial charge >= 0.3 is 6.03 Å². The summed E-state index contributed by atoms with van der Waals surface area (Å²) in [4.78, 5) is 23.7. The molecule has 2 fully saturated rings. The zero-order chi connectivity index (χ0) is 21.6. The second-order valence-electron chi connectivity index (χ2n) is 9.33. The first-order valence-corrected chi connectivity index (χ1v) is 11.8. The number of hydrogen-bond donors (Lipinski definition) is 3. The highest BCUT2D eigenvalue weighted by Gasteiger charge is 2.23. The summed E-state index contributed by atoms with van der Waals surface area (Å²) in [5, 5.41) is 10.9. The van der Waals surface area contributed by atoms with Gasteiger partial charge in [0.25, 0.3) is 0 Å². The number of amides is 2. The van der Waals surface area contributed by atoms with Crippen LogP contribution < -0.4 is 20.9 Å². The molecule has 1 aromatic heterocycles. The molecule has 1 aromatic carbocycles. The van der Waals surface area contributed by atoms with Gasteiger partial charge in [0.05, 0.1) is 5.52 Å². The first kappa shape index (κ1) is 21.7. The predicted octanol–water partition coefficient (Wildman–Crippen LogP) is 4.30. The molecule has 4 rings (SSSR count). The van der Waals surface area contributed by atoms with E-state index in [0.717, 1.165) is 61.8 Å². The van der Waals surface area contributed by atoms with Crippen LogP contribution in [0.3, 0.4) is 0 Å². The Hall–Kier alpha value is -2.57. The fourth-order valence-corrected chi connectivity index (χ4v) is 4.88. The zero-order valence-electron chi connectivity index (χ0n) is 18.9. The quantitative estimate of drug-likeness (QED) is 0.644. The van der Waals surface area contributed by atoms with Crippen LogP contribution in [0.4, 0.5) is 16.6 Å². The molecule has 31 heavy (non-hydrogen) atoms. The summed E-state index contributed by atoms with van der Waals surface area (Å²) in [6.07, 6.45) is 10.4. The van der Waals surface area contributed by atoms with Gasteiger partial charge in [0.15, 0.2) is 0 Å². The second kappa shape index (κ2) is 10.2. The van der Waals surface area contributed by atoms with Crippen molar-refractivity contribution >= 4 is 28.7 Å². The summed E-state index contributed by atoms with van der Waals surface area (Å²) in [6.45, 7) is 0.766. The van der Waals surface area contributed by atoms with Gasteiger partial charge in [-0.15, -0.1) is 0 Å². The third-order valence-electron chi connectivity index (χ3n) is 6.68. The number of urea groups is 1. The summed E-state index contributed by atoms with van der Waals surface area (Å²) in [7, 11) is 4.03. The van der Waals surface area contributed by atoms with Crippen molar-refractivity contribution < 1.29 is 4.79 Å². The average Bonchev–Trinajstić information content (AvgIpc) is 2.78. The van der Waals surface area contributed by atoms with E-state index in [1.807, 2.05) is 37.2 Å². The van der Waals surface area contributed by atoms with Gasteiger partial charge in [-0.05, 0) is 56.6 Å². The van der Waals surface area contributed by atoms with E-state index < -0.39 is 0 Å². The third-order valence-corrected chi connectivity index (χ3v) is 6.68. The molecule has 0 aliphatic heterocycles. The maximum absolute atomic E-state index is 12.2. The Morgan fingerprint density at radius 3 is 2.45 bits per heavy atom. The van der Waals surface area contributed by atoms with Crippen molar-refractivity contribution in [2.75, 3.05) is 30.9 Å². The highest BCUT2D eigenvalue weighted by atomic mass is 16.2. The number of fused-ring (bicyclic) bond motifs is 1. The maximum Gasteiger partial charge on any atom is 0.315 e. The van der Waals surface area contributed by atoms with Crippen LogP contribution in [0.5, 0.6) is 0 Å². The Labute approximate surface area is 185 Å². The Morgan fingerprint density at radius 1 is 0.968 bits per heavy atom. The summed E-state index contributed by atoms with van der Waals surface area (Å²) >= 11 is 0. The minimum absolute atomic E-state index is 0.00734. The van der Waals surface area contributed by atoms with Crippen molar-refractivity contribution in [3.8, 4) is 0 Å². The van der Waals surface area contributed by atoms with Crippen molar-refractivity contribution in [1.29, 1.82) is 0 Å². The molecule has 7 heteroatoms. The molecule has 1 heterocycles. The van der Waals surface area contributed by atoms with Crippen molar-refractivity contribution in [3.05, 3.63) is 24.3 Å². The van der Waals surface area contributed by atoms with E-state index in [1.54, 1.807) is 0 Å². The number of benzene rings is 1. The number of rotatable bonds is 6. The van der Waals surface area contributed by atoms with Crippen LogP contribution in [0.15, 0.2) is 24.3 Å². The maximum atomic E-state index is 12.2. The number of aromatic nitrogens is 2. The molecule has 0 saturated heterocycles. The fraction of sp³-hybridized carbons (Fsp3) is 0.625. The lowest BCUT2D eigenvalue weighted by Crippen LogP contribution is -2.44. The van der Waals surface area contributed by atoms with Crippen LogP contribution in [-0.2, 0) is 0 Å². The first-order valence-electron chi connectivity index (χ1n) is 11.8. The predicted molar refractivity (Wildman–Crippen MR) is 127 cm³/mol. The number of nitrogens with zero attached hydrogens (tertiary/aromatic N) is 3. The van der Waals surface area contributed by atoms with Gasteiger partial charge in [0, 0.05) is 38.1 Å². The SMILES string of the molecule is CN(C)c1nc(N[C@H]2CC[C@@H](CNC(=O)NC3CCCCC3)CC2)nc2ccccc12. The standard InChI is InChI=1S/C24H36N6O/c1-30(2)22-20-10-6-7-11-21(20)28-23(29-22)26-19-14-12-17(13-15-19)16-25-24(31)27-18-8-4-3-5-9-18/h6-7,10-11,17-19H,3-5,8-9,12-16H2,1-2H3,(H2,25,27,31)(H,26,28,29)/t17-,19+. The van der Waals surface area contributed by atoms with Crippen LogP contribution >= 0.6 is 0 Å². The third kappa shape index (κ3) is 5.77. The lowest BCUT2D eigenvalue weighted by molar-refractivity contribution is 0.227. The molecule has 0 radical (unpaired) electrons. The minimum atomic E-state index is 0.00734. The van der Waals surface area contributed by atoms with Gasteiger partial charge in [-0.1, -0.05) is 31.4 Å². The highest BCUT2D eigenvalue weighted by Crippen LogP contribution is 2.28. The first-order chi connectivity index (χ1) is 15.1. The number of para-hydroxylation sites is 1. The van der Waals surface area contributed by atoms with Gasteiger partial charge in [-0.2, -0.15) is 4.98 Å². The van der Waals surface area contributed by atoms with E-state index in [-0.39, 0.29) is 6.03 Å². The molecule has 168 valence electrons. The molecular formula is C24H36N6O. The topological polar surface area (TPSA) is 82.2 Å². The molecule has 2 aliphatic rings. The van der Waals surface area contributed by atoms with E-state index in [1.165, 1.54) is 19.3 Å². The summed E-state index contributed by atoms with van der Waals surface area (Å²) in [5.74, 6) is 2.19. The van der Waals surface area contributed by atoms with E-state index in [4.69, 9.17) is 9.97 Å². The van der Waals surface area contributed by atoms with Crippen LogP contribution in [0.25, 0.3) is 10.9 Å². The average molecular weight is 425 g/mol. The lowest BCUT2D eigenvalue weighted by Gasteiger charge is -2.30. The molecule has 2 aromatic rings. The molecule has 3 N–H and O–H groups in total. The van der Waals surface area contributed by atoms with Gasteiger partial charge in [-0.25, -0.2) is 9.78 Å². The van der Waals surface area contributed by atoms with E-state index in [2.05, 4.69) is 22.0 Å². The Bertz CT molecular complexity index is 871. The normalized spacial score (nSPS) is 22.1. The number of carbonyl (C=O) groups is 1. The fourth-order valence-electron chi connectivity index (χ4n) is 4.88. The van der Waals surface area contributed by atoms with Crippen LogP contribution in [0.2, 0.25) is 0 Å². The molecular weight excluding hydrogens is 388 g/mol. The van der Waals surface area contributed by atoms with Gasteiger partial charge in [0.2, 0.25) is 5.95 Å². The summed E-state index contributed by atoms with van der Waals surface area (Å²) in [5.41, 5.74) is 0.963. The highest BCUT2D eigenvalue weighted by molar-refractivity contribution is 5.90. The number of carbonyl (C=O) groups excluding carboxylic acids is 1. The summed E-state index contributed by atoms with van der Waals surface area (Å²) < 4.78 is 0. The van der Waals surface area contributed by atoms with E-state index in [0.29, 0.717) is 23.9 Å². The smallest absolute Gasteiger partial charge is 0.315 e. The Morgan fingerprint density at radius 2 is 1.71 bits per heavy atom. The van der Waals surface area contributed by atoms with Crippen LogP contribution in [0, 0.1) is 5.92 Å². The van der Waals surface area contributed by atoms with Crippen molar-refractivity contribution in [2.45, 2.75) is 69.9 Å². The summed E-state index contributed by atoms with van der Waals surface area (Å²) in [6, 6.07) is 8.89. The van der Waals surface area contributed by atoms with Gasteiger partial charge in [-0.3, -0.25) is 0 Å². The lowest BCUT2D eigenvalue weighted by atomic mass is 9.86. The molecule has 2 saturated carbocycles. The van der Waals surface area contributed by atoms with Crippen molar-refractivity contribution in [3.63, 3.8) is 0 Å². The van der Waals surface area contributed by atoms with Gasteiger partial charge in [0.1, 0.15) is 5.82 Å². The molecule has 0 bridgehead atoms. The van der Waals surface area contributed by atoms with Crippen LogP contribution in [0.1, 0.15) is 57.8 Å². The van der Waals surface area contributed by atoms with Crippen molar-refractivity contribution in [1.82, 2.24) is 20.6 Å². The zero-order valence-corrected chi connectivity index (χ0v) is 18.9.